The molecule has 1 aliphatic rings. The van der Waals surface area contributed by atoms with E-state index in [1.165, 1.54) is 0 Å². The Morgan fingerprint density at radius 1 is 1.18 bits per heavy atom. The molecule has 7 heteroatoms. The van der Waals surface area contributed by atoms with E-state index in [1.54, 1.807) is 13.8 Å². The van der Waals surface area contributed by atoms with Crippen LogP contribution in [0, 0.1) is 6.92 Å². The van der Waals surface area contributed by atoms with Gasteiger partial charge in [0.25, 0.3) is 0 Å². The molecule has 2 aromatic rings. The molecule has 0 radical (unpaired) electrons. The van der Waals surface area contributed by atoms with Gasteiger partial charge in [0.1, 0.15) is 5.67 Å². The van der Waals surface area contributed by atoms with Crippen LogP contribution in [0.5, 0.6) is 0 Å². The third-order valence-electron chi connectivity index (χ3n) is 6.32. The van der Waals surface area contributed by atoms with Crippen molar-refractivity contribution in [2.24, 2.45) is 0 Å². The highest BCUT2D eigenvalue weighted by Gasteiger charge is 2.38. The van der Waals surface area contributed by atoms with Crippen LogP contribution in [0.2, 0.25) is 0 Å². The second kappa shape index (κ2) is 10.2. The lowest BCUT2D eigenvalue weighted by Gasteiger charge is -2.35. The number of carboxylic acids is 1. The van der Waals surface area contributed by atoms with Crippen molar-refractivity contribution < 1.29 is 19.1 Å². The SMILES string of the molecule is CC[C@@H](CC(=O)O)c1ccc(N2CCC[C@H]2C(C)(C)F)c(NC(=O)Nc2ccc(C)cc2)c1. The van der Waals surface area contributed by atoms with Crippen LogP contribution in [-0.2, 0) is 4.79 Å². The maximum Gasteiger partial charge on any atom is 0.323 e. The van der Waals surface area contributed by atoms with Gasteiger partial charge >= 0.3 is 12.0 Å². The highest BCUT2D eigenvalue weighted by molar-refractivity contribution is 6.02. The van der Waals surface area contributed by atoms with E-state index in [-0.39, 0.29) is 18.4 Å². The Morgan fingerprint density at radius 3 is 2.48 bits per heavy atom. The third-order valence-corrected chi connectivity index (χ3v) is 6.32. The van der Waals surface area contributed by atoms with Gasteiger partial charge in [-0.3, -0.25) is 4.79 Å². The predicted octanol–water partition coefficient (Wildman–Crippen LogP) is 6.32. The molecule has 3 rings (SSSR count). The molecule has 178 valence electrons. The minimum Gasteiger partial charge on any atom is -0.481 e. The number of hydrogen-bond acceptors (Lipinski definition) is 3. The van der Waals surface area contributed by atoms with Crippen molar-refractivity contribution in [3.63, 3.8) is 0 Å². The van der Waals surface area contributed by atoms with Crippen LogP contribution < -0.4 is 15.5 Å². The number of nitrogens with one attached hydrogen (secondary N) is 2. The molecule has 0 aromatic heterocycles. The maximum absolute atomic E-state index is 14.9. The van der Waals surface area contributed by atoms with Crippen LogP contribution in [0.3, 0.4) is 0 Å². The van der Waals surface area contributed by atoms with Gasteiger partial charge in [-0.05, 0) is 75.8 Å². The van der Waals surface area contributed by atoms with Gasteiger partial charge in [0, 0.05) is 12.2 Å². The lowest BCUT2D eigenvalue weighted by Crippen LogP contribution is -2.43. The van der Waals surface area contributed by atoms with E-state index in [9.17, 15) is 19.1 Å². The van der Waals surface area contributed by atoms with Gasteiger partial charge in [0.05, 0.1) is 23.8 Å². The van der Waals surface area contributed by atoms with Gasteiger partial charge in [-0.2, -0.15) is 0 Å². The number of anilines is 3. The lowest BCUT2D eigenvalue weighted by molar-refractivity contribution is -0.137. The van der Waals surface area contributed by atoms with Gasteiger partial charge in [-0.1, -0.05) is 30.7 Å². The number of urea groups is 1. The van der Waals surface area contributed by atoms with Crippen molar-refractivity contribution in [1.29, 1.82) is 0 Å². The van der Waals surface area contributed by atoms with Crippen LogP contribution in [0.25, 0.3) is 0 Å². The van der Waals surface area contributed by atoms with Crippen molar-refractivity contribution in [3.8, 4) is 0 Å². The number of rotatable bonds is 8. The molecule has 1 fully saturated rings. The van der Waals surface area contributed by atoms with Crippen LogP contribution in [0.4, 0.5) is 26.2 Å². The van der Waals surface area contributed by atoms with Gasteiger partial charge in [-0.25, -0.2) is 9.18 Å². The van der Waals surface area contributed by atoms with Gasteiger partial charge < -0.3 is 20.6 Å². The molecule has 0 aliphatic carbocycles. The summed E-state index contributed by atoms with van der Waals surface area (Å²) < 4.78 is 14.9. The van der Waals surface area contributed by atoms with E-state index in [4.69, 9.17) is 0 Å². The van der Waals surface area contributed by atoms with E-state index < -0.39 is 17.7 Å². The average Bonchev–Trinajstić information content (AvgIpc) is 3.24. The minimum atomic E-state index is -1.40. The van der Waals surface area contributed by atoms with E-state index in [0.717, 1.165) is 29.7 Å². The molecule has 33 heavy (non-hydrogen) atoms. The van der Waals surface area contributed by atoms with Crippen LogP contribution in [0.1, 0.15) is 63.5 Å². The van der Waals surface area contributed by atoms with Crippen molar-refractivity contribution >= 4 is 29.1 Å². The first-order valence-electron chi connectivity index (χ1n) is 11.5. The largest absolute Gasteiger partial charge is 0.481 e. The molecule has 1 aliphatic heterocycles. The number of carbonyl (C=O) groups is 2. The number of aliphatic carboxylic acids is 1. The zero-order chi connectivity index (χ0) is 24.2. The summed E-state index contributed by atoms with van der Waals surface area (Å²) in [6.45, 7) is 7.78. The Morgan fingerprint density at radius 2 is 1.88 bits per heavy atom. The summed E-state index contributed by atoms with van der Waals surface area (Å²) in [5, 5.41) is 15.1. The lowest BCUT2D eigenvalue weighted by atomic mass is 9.92. The number of hydrogen-bond donors (Lipinski definition) is 3. The molecule has 3 N–H and O–H groups in total. The average molecular weight is 456 g/mol. The predicted molar refractivity (Wildman–Crippen MR) is 131 cm³/mol. The highest BCUT2D eigenvalue weighted by atomic mass is 19.1. The molecule has 1 saturated heterocycles. The first-order valence-corrected chi connectivity index (χ1v) is 11.5. The zero-order valence-corrected chi connectivity index (χ0v) is 19.8. The Kier molecular flexibility index (Phi) is 7.61. The summed E-state index contributed by atoms with van der Waals surface area (Å²) in [4.78, 5) is 26.2. The first-order chi connectivity index (χ1) is 15.6. The first kappa shape index (κ1) is 24.6. The van der Waals surface area contributed by atoms with Crippen molar-refractivity contribution in [2.75, 3.05) is 22.1 Å². The Balaban J connectivity index is 1.94. The molecule has 2 atom stereocenters. The standard InChI is InChI=1S/C26H34FN3O3/c1-5-18(16-24(31)32)19-10-13-22(30-14-6-7-23(30)26(3,4)27)21(15-19)29-25(33)28-20-11-8-17(2)9-12-20/h8-13,15,18,23H,5-7,14,16H2,1-4H3,(H,31,32)(H2,28,29,33)/t18-,23-/m0/s1. The molecule has 0 unspecified atom stereocenters. The maximum atomic E-state index is 14.9. The summed E-state index contributed by atoms with van der Waals surface area (Å²) >= 11 is 0. The van der Waals surface area contributed by atoms with E-state index in [1.807, 2.05) is 61.2 Å². The normalized spacial score (nSPS) is 17.0. The molecule has 1 heterocycles. The summed E-state index contributed by atoms with van der Waals surface area (Å²) in [6.07, 6.45) is 2.27. The number of aryl methyl sites for hydroxylation is 1. The fraction of sp³-hybridized carbons (Fsp3) is 0.462. The number of carboxylic acid groups (broad SMARTS) is 1. The van der Waals surface area contributed by atoms with Crippen LogP contribution in [0.15, 0.2) is 42.5 Å². The molecular weight excluding hydrogens is 421 g/mol. The van der Waals surface area contributed by atoms with E-state index in [0.29, 0.717) is 24.3 Å². The molecule has 6 nitrogen and oxygen atoms in total. The molecule has 0 saturated carbocycles. The smallest absolute Gasteiger partial charge is 0.323 e. The summed E-state index contributed by atoms with van der Waals surface area (Å²) in [5.74, 6) is -1.04. The Hall–Kier alpha value is -3.09. The molecular formula is C26H34FN3O3. The quantitative estimate of drug-likeness (QED) is 0.435. The summed E-state index contributed by atoms with van der Waals surface area (Å²) in [5.41, 5.74) is 2.50. The Labute approximate surface area is 195 Å². The third kappa shape index (κ3) is 6.24. The van der Waals surface area contributed by atoms with Crippen molar-refractivity contribution in [3.05, 3.63) is 53.6 Å². The Bertz CT molecular complexity index is 985. The van der Waals surface area contributed by atoms with E-state index >= 15 is 0 Å². The fourth-order valence-corrected chi connectivity index (χ4v) is 4.56. The van der Waals surface area contributed by atoms with Crippen LogP contribution >= 0.6 is 0 Å². The zero-order valence-electron chi connectivity index (χ0n) is 19.8. The van der Waals surface area contributed by atoms with Gasteiger partial charge in [0.15, 0.2) is 0 Å². The second-order valence-corrected chi connectivity index (χ2v) is 9.34. The number of carbonyl (C=O) groups excluding carboxylic acids is 1. The summed E-state index contributed by atoms with van der Waals surface area (Å²) in [7, 11) is 0. The number of halogens is 1. The number of alkyl halides is 1. The van der Waals surface area contributed by atoms with Crippen LogP contribution in [-0.4, -0.2) is 35.4 Å². The number of nitrogens with zero attached hydrogens (tertiary/aromatic N) is 1. The highest BCUT2D eigenvalue weighted by Crippen LogP contribution is 2.39. The minimum absolute atomic E-state index is 0.00863. The van der Waals surface area contributed by atoms with Crippen molar-refractivity contribution in [1.82, 2.24) is 0 Å². The molecule has 0 bridgehead atoms. The topological polar surface area (TPSA) is 81.7 Å². The van der Waals surface area contributed by atoms with Gasteiger partial charge in [0.2, 0.25) is 0 Å². The number of amides is 2. The van der Waals surface area contributed by atoms with Crippen molar-refractivity contribution in [2.45, 2.75) is 71.0 Å². The second-order valence-electron chi connectivity index (χ2n) is 9.34. The molecule has 2 aromatic carbocycles. The summed E-state index contributed by atoms with van der Waals surface area (Å²) in [6, 6.07) is 12.4. The van der Waals surface area contributed by atoms with Gasteiger partial charge in [-0.15, -0.1) is 0 Å². The monoisotopic (exact) mass is 455 g/mol. The van der Waals surface area contributed by atoms with E-state index in [2.05, 4.69) is 10.6 Å². The number of benzene rings is 2. The molecule has 2 amide bonds. The fourth-order valence-electron chi connectivity index (χ4n) is 4.56. The molecule has 0 spiro atoms.